The minimum absolute atomic E-state index is 0.0649. The first-order chi connectivity index (χ1) is 17.7. The van der Waals surface area contributed by atoms with Crippen LogP contribution in [0.15, 0.2) is 45.9 Å². The number of pyridine rings is 1. The lowest BCUT2D eigenvalue weighted by Gasteiger charge is -2.31. The first kappa shape index (κ1) is 29.1. The van der Waals surface area contributed by atoms with Crippen LogP contribution in [0.4, 0.5) is 19.0 Å². The highest BCUT2D eigenvalue weighted by Gasteiger charge is 2.47. The van der Waals surface area contributed by atoms with Crippen LogP contribution in [-0.4, -0.2) is 54.9 Å². The Hall–Kier alpha value is -3.49. The van der Waals surface area contributed by atoms with Crippen LogP contribution in [0, 0.1) is 19.8 Å². The van der Waals surface area contributed by atoms with Gasteiger partial charge in [0.2, 0.25) is 0 Å². The third-order valence-corrected chi connectivity index (χ3v) is 7.32. The van der Waals surface area contributed by atoms with Gasteiger partial charge in [0.05, 0.1) is 28.8 Å². The van der Waals surface area contributed by atoms with Crippen LogP contribution in [0.5, 0.6) is 0 Å². The first-order valence-corrected chi connectivity index (χ1v) is 12.7. The minimum atomic E-state index is -5.42. The maximum atomic E-state index is 13.6. The summed E-state index contributed by atoms with van der Waals surface area (Å²) in [7, 11) is -3.55. The summed E-state index contributed by atoms with van der Waals surface area (Å²) in [5.74, 6) is -2.76. The molecule has 0 amide bonds. The van der Waals surface area contributed by atoms with Crippen molar-refractivity contribution in [2.45, 2.75) is 44.8 Å². The molecule has 2 heterocycles. The van der Waals surface area contributed by atoms with Crippen LogP contribution in [0.3, 0.4) is 0 Å². The number of carbonyl (C=O) groups excluding carboxylic acids is 1. The van der Waals surface area contributed by atoms with Gasteiger partial charge in [-0.2, -0.15) is 13.2 Å². The molecule has 0 saturated heterocycles. The third-order valence-electron chi connectivity index (χ3n) is 5.65. The predicted octanol–water partition coefficient (Wildman–Crippen LogP) is 4.28. The third kappa shape index (κ3) is 6.14. The molecule has 2 aromatic heterocycles. The van der Waals surface area contributed by atoms with Crippen LogP contribution in [0.2, 0.25) is 0 Å². The number of methoxy groups -OCH3 is 1. The van der Waals surface area contributed by atoms with Crippen molar-refractivity contribution in [3.63, 3.8) is 0 Å². The molecule has 0 aliphatic heterocycles. The van der Waals surface area contributed by atoms with E-state index in [0.29, 0.717) is 33.7 Å². The maximum absolute atomic E-state index is 13.6. The monoisotopic (exact) mass is 556 g/mol. The smallest absolute Gasteiger partial charge is 0.383 e. The number of benzene rings is 1. The van der Waals surface area contributed by atoms with E-state index in [-0.39, 0.29) is 16.9 Å². The average molecular weight is 557 g/mol. The second-order valence-corrected chi connectivity index (χ2v) is 10.7. The van der Waals surface area contributed by atoms with Gasteiger partial charge in [0.15, 0.2) is 5.76 Å². The largest absolute Gasteiger partial charge is 0.492 e. The van der Waals surface area contributed by atoms with E-state index in [2.05, 4.69) is 15.0 Å². The normalized spacial score (nSPS) is 13.2. The highest BCUT2D eigenvalue weighted by Crippen LogP contribution is 2.34. The highest BCUT2D eigenvalue weighted by molar-refractivity contribution is 7.89. The zero-order valence-corrected chi connectivity index (χ0v) is 22.1. The predicted molar refractivity (Wildman–Crippen MR) is 131 cm³/mol. The summed E-state index contributed by atoms with van der Waals surface area (Å²) < 4.78 is 76.7. The summed E-state index contributed by atoms with van der Waals surface area (Å²) in [6.07, 6.45) is -4.00. The number of aryl methyl sites for hydroxylation is 2. The number of aromatic nitrogens is 2. The Kier molecular flexibility index (Phi) is 8.48. The number of nitrogens with zero attached hydrogens (tertiary/aromatic N) is 3. The molecule has 1 atom stereocenters. The number of anilines is 1. The fourth-order valence-electron chi connectivity index (χ4n) is 3.58. The fourth-order valence-corrected chi connectivity index (χ4v) is 5.12. The number of hydroxylamine groups is 1. The zero-order chi connectivity index (χ0) is 28.4. The van der Waals surface area contributed by atoms with Gasteiger partial charge in [-0.25, -0.2) is 18.2 Å². The molecular weight excluding hydrogens is 529 g/mol. The van der Waals surface area contributed by atoms with Crippen molar-refractivity contribution in [2.75, 3.05) is 19.5 Å². The zero-order valence-electron chi connectivity index (χ0n) is 21.2. The number of hydrogen-bond donors (Lipinski definition) is 1. The van der Waals surface area contributed by atoms with E-state index in [4.69, 9.17) is 15.0 Å². The molecule has 3 aromatic rings. The number of rotatable bonds is 9. The SMILES string of the molecule is COCC(C(C)C)N(OC(=O)C(F)(F)F)S(=O)(=O)c1ccc(C)c(-c2cnc(N)c(-c3cc(C)no3)c2)c1. The van der Waals surface area contributed by atoms with Crippen molar-refractivity contribution in [3.8, 4) is 22.5 Å². The number of alkyl halides is 3. The van der Waals surface area contributed by atoms with E-state index in [9.17, 15) is 26.4 Å². The molecule has 2 N–H and O–H groups in total. The van der Waals surface area contributed by atoms with Crippen LogP contribution in [-0.2, 0) is 24.4 Å². The summed E-state index contributed by atoms with van der Waals surface area (Å²) in [6.45, 7) is 6.22. The number of nitrogen functional groups attached to an aromatic ring is 1. The van der Waals surface area contributed by atoms with Crippen molar-refractivity contribution >= 4 is 21.8 Å². The second-order valence-electron chi connectivity index (χ2n) is 8.87. The van der Waals surface area contributed by atoms with Gasteiger partial charge in [-0.3, -0.25) is 0 Å². The van der Waals surface area contributed by atoms with Crippen molar-refractivity contribution in [1.82, 2.24) is 14.6 Å². The molecule has 0 radical (unpaired) electrons. The summed E-state index contributed by atoms with van der Waals surface area (Å²) in [6, 6.07) is 5.97. The van der Waals surface area contributed by atoms with Crippen LogP contribution >= 0.6 is 0 Å². The number of ether oxygens (including phenoxy) is 1. The van der Waals surface area contributed by atoms with Gasteiger partial charge in [0, 0.05) is 24.9 Å². The van der Waals surface area contributed by atoms with Gasteiger partial charge in [-0.15, -0.1) is 0 Å². The topological polar surface area (TPSA) is 138 Å². The molecular formula is C24H27F3N4O6S. The van der Waals surface area contributed by atoms with Gasteiger partial charge < -0.3 is 19.8 Å². The van der Waals surface area contributed by atoms with Crippen molar-refractivity contribution in [3.05, 3.63) is 47.8 Å². The minimum Gasteiger partial charge on any atom is -0.383 e. The van der Waals surface area contributed by atoms with Gasteiger partial charge in [-0.05, 0) is 53.6 Å². The first-order valence-electron chi connectivity index (χ1n) is 11.3. The number of sulfonamides is 1. The van der Waals surface area contributed by atoms with E-state index in [1.54, 1.807) is 39.8 Å². The molecule has 0 bridgehead atoms. The van der Waals surface area contributed by atoms with Crippen molar-refractivity contribution < 1.29 is 40.5 Å². The molecule has 10 nitrogen and oxygen atoms in total. The van der Waals surface area contributed by atoms with Crippen LogP contribution in [0.1, 0.15) is 25.1 Å². The van der Waals surface area contributed by atoms with E-state index >= 15 is 0 Å². The quantitative estimate of drug-likeness (QED) is 0.383. The molecule has 206 valence electrons. The molecule has 14 heteroatoms. The molecule has 0 spiro atoms. The van der Waals surface area contributed by atoms with Crippen LogP contribution in [0.25, 0.3) is 22.5 Å². The number of nitrogens with two attached hydrogens (primary N) is 1. The van der Waals surface area contributed by atoms with E-state index < -0.39 is 39.0 Å². The van der Waals surface area contributed by atoms with Crippen LogP contribution < -0.4 is 5.73 Å². The summed E-state index contributed by atoms with van der Waals surface area (Å²) >= 11 is 0. The molecule has 0 saturated carbocycles. The Morgan fingerprint density at radius 3 is 2.39 bits per heavy atom. The van der Waals surface area contributed by atoms with Gasteiger partial charge in [0.25, 0.3) is 10.0 Å². The lowest BCUT2D eigenvalue weighted by Crippen LogP contribution is -2.48. The molecule has 0 aliphatic rings. The number of halogens is 3. The summed E-state index contributed by atoms with van der Waals surface area (Å²) in [4.78, 5) is 19.9. The molecule has 1 aromatic carbocycles. The maximum Gasteiger partial charge on any atom is 0.492 e. The Morgan fingerprint density at radius 2 is 1.84 bits per heavy atom. The Labute approximate surface area is 217 Å². The number of hydrogen-bond acceptors (Lipinski definition) is 9. The standard InChI is InChI=1S/C24H27F3N4O6S/c1-13(2)20(12-35-5)31(37-23(32)24(25,26)27)38(33,34)17-7-6-14(3)18(10-17)16-9-19(22(28)29-11-16)21-8-15(4)30-36-21/h6-11,13,20H,12H2,1-5H3,(H2,28,29). The summed E-state index contributed by atoms with van der Waals surface area (Å²) in [5, 5.41) is 3.83. The average Bonchev–Trinajstić information content (AvgIpc) is 3.26. The van der Waals surface area contributed by atoms with E-state index in [1.165, 1.54) is 31.5 Å². The highest BCUT2D eigenvalue weighted by atomic mass is 32.2. The molecule has 0 aliphatic carbocycles. The molecule has 38 heavy (non-hydrogen) atoms. The summed E-state index contributed by atoms with van der Waals surface area (Å²) in [5.41, 5.74) is 8.50. The Morgan fingerprint density at radius 1 is 1.16 bits per heavy atom. The fraction of sp³-hybridized carbons (Fsp3) is 0.375. The molecule has 3 rings (SSSR count). The van der Waals surface area contributed by atoms with Gasteiger partial charge in [-0.1, -0.05) is 25.1 Å². The lowest BCUT2D eigenvalue weighted by molar-refractivity contribution is -0.230. The van der Waals surface area contributed by atoms with E-state index in [1.807, 2.05) is 0 Å². The molecule has 0 fully saturated rings. The van der Waals surface area contributed by atoms with Crippen molar-refractivity contribution in [2.24, 2.45) is 5.92 Å². The lowest BCUT2D eigenvalue weighted by atomic mass is 10.00. The van der Waals surface area contributed by atoms with Gasteiger partial charge in [0.1, 0.15) is 5.82 Å². The van der Waals surface area contributed by atoms with Crippen molar-refractivity contribution in [1.29, 1.82) is 0 Å². The second kappa shape index (κ2) is 11.1. The van der Waals surface area contributed by atoms with Gasteiger partial charge >= 0.3 is 12.1 Å². The Bertz CT molecular complexity index is 1420. The Balaban J connectivity index is 2.13. The number of carbonyl (C=O) groups is 1. The van der Waals surface area contributed by atoms with E-state index in [0.717, 1.165) is 0 Å². The molecule has 1 unspecified atom stereocenters.